The Kier molecular flexibility index (Phi) is 4.55. The fourth-order valence-corrected chi connectivity index (χ4v) is 2.93. The van der Waals surface area contributed by atoms with Crippen LogP contribution in [-0.2, 0) is 22.7 Å². The number of hydrogen-bond donors (Lipinski definition) is 2. The zero-order valence-electron chi connectivity index (χ0n) is 10.3. The Morgan fingerprint density at radius 1 is 1.53 bits per heavy atom. The molecule has 0 aliphatic carbocycles. The zero-order valence-corrected chi connectivity index (χ0v) is 11.1. The van der Waals surface area contributed by atoms with Gasteiger partial charge in [-0.05, 0) is 17.7 Å². The highest BCUT2D eigenvalue weighted by atomic mass is 32.2. The number of amides is 1. The Balaban J connectivity index is 1.91. The van der Waals surface area contributed by atoms with Crippen molar-refractivity contribution < 1.29 is 14.0 Å². The molecule has 4 nitrogen and oxygen atoms in total. The van der Waals surface area contributed by atoms with Crippen LogP contribution in [0.3, 0.4) is 0 Å². The summed E-state index contributed by atoms with van der Waals surface area (Å²) < 4.78 is 13.2. The SMILES string of the molecule is NCc1cc(CNC(=O)C2CC(=O)CS2)ccc1F. The highest BCUT2D eigenvalue weighted by molar-refractivity contribution is 8.01. The molecule has 1 atom stereocenters. The minimum atomic E-state index is -0.338. The van der Waals surface area contributed by atoms with E-state index in [0.717, 1.165) is 5.56 Å². The fourth-order valence-electron chi connectivity index (χ4n) is 1.88. The molecule has 1 fully saturated rings. The summed E-state index contributed by atoms with van der Waals surface area (Å²) in [6.45, 7) is 0.442. The van der Waals surface area contributed by atoms with E-state index in [0.29, 0.717) is 24.3 Å². The first-order valence-electron chi connectivity index (χ1n) is 5.98. The lowest BCUT2D eigenvalue weighted by atomic mass is 10.1. The minimum Gasteiger partial charge on any atom is -0.351 e. The monoisotopic (exact) mass is 282 g/mol. The van der Waals surface area contributed by atoms with Gasteiger partial charge in [-0.25, -0.2) is 4.39 Å². The van der Waals surface area contributed by atoms with Crippen molar-refractivity contribution in [2.24, 2.45) is 5.73 Å². The predicted octanol–water partition coefficient (Wildman–Crippen LogP) is 0.975. The standard InChI is InChI=1S/C13H15FN2O2S/c14-11-2-1-8(3-9(11)5-15)6-16-13(18)12-4-10(17)7-19-12/h1-3,12H,4-7,15H2,(H,16,18). The molecule has 1 aliphatic heterocycles. The average molecular weight is 282 g/mol. The van der Waals surface area contributed by atoms with Crippen LogP contribution in [0, 0.1) is 5.82 Å². The van der Waals surface area contributed by atoms with Crippen molar-refractivity contribution in [2.75, 3.05) is 5.75 Å². The number of hydrogen-bond acceptors (Lipinski definition) is 4. The normalized spacial score (nSPS) is 18.6. The molecule has 0 radical (unpaired) electrons. The molecule has 19 heavy (non-hydrogen) atoms. The third-order valence-electron chi connectivity index (χ3n) is 2.95. The molecule has 1 amide bonds. The average Bonchev–Trinajstić information content (AvgIpc) is 2.84. The van der Waals surface area contributed by atoms with Crippen molar-refractivity contribution in [3.05, 3.63) is 35.1 Å². The van der Waals surface area contributed by atoms with E-state index in [-0.39, 0.29) is 29.3 Å². The van der Waals surface area contributed by atoms with Crippen LogP contribution < -0.4 is 11.1 Å². The van der Waals surface area contributed by atoms with Gasteiger partial charge in [0.25, 0.3) is 0 Å². The van der Waals surface area contributed by atoms with Crippen LogP contribution in [0.25, 0.3) is 0 Å². The maximum absolute atomic E-state index is 13.2. The van der Waals surface area contributed by atoms with Crippen molar-refractivity contribution in [3.8, 4) is 0 Å². The van der Waals surface area contributed by atoms with E-state index in [2.05, 4.69) is 5.32 Å². The number of halogens is 1. The number of carbonyl (C=O) groups is 2. The lowest BCUT2D eigenvalue weighted by Crippen LogP contribution is -2.31. The molecular formula is C13H15FN2O2S. The molecule has 1 heterocycles. The fraction of sp³-hybridized carbons (Fsp3) is 0.385. The van der Waals surface area contributed by atoms with Crippen LogP contribution in [0.4, 0.5) is 4.39 Å². The number of nitrogens with two attached hydrogens (primary N) is 1. The van der Waals surface area contributed by atoms with Crippen molar-refractivity contribution >= 4 is 23.5 Å². The molecule has 3 N–H and O–H groups in total. The number of Topliss-reactive ketones (excluding diaryl/α,β-unsaturated/α-hetero) is 1. The second-order valence-electron chi connectivity index (χ2n) is 4.39. The Labute approximate surface area is 114 Å². The van der Waals surface area contributed by atoms with Gasteiger partial charge in [-0.3, -0.25) is 9.59 Å². The summed E-state index contributed by atoms with van der Waals surface area (Å²) in [5.41, 5.74) is 6.65. The number of benzene rings is 1. The topological polar surface area (TPSA) is 72.2 Å². The van der Waals surface area contributed by atoms with E-state index in [1.165, 1.54) is 17.8 Å². The zero-order chi connectivity index (χ0) is 13.8. The summed E-state index contributed by atoms with van der Waals surface area (Å²) in [4.78, 5) is 22.9. The van der Waals surface area contributed by atoms with Crippen molar-refractivity contribution in [1.82, 2.24) is 5.32 Å². The van der Waals surface area contributed by atoms with Crippen LogP contribution in [0.15, 0.2) is 18.2 Å². The molecule has 1 aromatic carbocycles. The van der Waals surface area contributed by atoms with E-state index in [9.17, 15) is 14.0 Å². The Hall–Kier alpha value is -1.40. The van der Waals surface area contributed by atoms with Crippen molar-refractivity contribution in [1.29, 1.82) is 0 Å². The Bertz CT molecular complexity index is 507. The number of ketones is 1. The molecule has 0 saturated carbocycles. The first-order valence-corrected chi connectivity index (χ1v) is 7.03. The number of nitrogens with one attached hydrogen (secondary N) is 1. The summed E-state index contributed by atoms with van der Waals surface area (Å²) in [5, 5.41) is 2.47. The van der Waals surface area contributed by atoms with E-state index >= 15 is 0 Å². The molecule has 1 aliphatic rings. The third-order valence-corrected chi connectivity index (χ3v) is 4.22. The highest BCUT2D eigenvalue weighted by Crippen LogP contribution is 2.23. The van der Waals surface area contributed by atoms with Gasteiger partial charge in [0, 0.05) is 25.1 Å². The van der Waals surface area contributed by atoms with Crippen LogP contribution in [0.5, 0.6) is 0 Å². The summed E-state index contributed by atoms with van der Waals surface area (Å²) in [5.74, 6) is 0.0349. The van der Waals surface area contributed by atoms with Gasteiger partial charge in [0.15, 0.2) is 0 Å². The Morgan fingerprint density at radius 2 is 2.32 bits per heavy atom. The van der Waals surface area contributed by atoms with Crippen LogP contribution in [0.1, 0.15) is 17.5 Å². The Morgan fingerprint density at radius 3 is 2.95 bits per heavy atom. The molecule has 0 aromatic heterocycles. The molecule has 1 aromatic rings. The first kappa shape index (κ1) is 14.0. The van der Waals surface area contributed by atoms with Crippen LogP contribution >= 0.6 is 11.8 Å². The molecular weight excluding hydrogens is 267 g/mol. The number of thioether (sulfide) groups is 1. The predicted molar refractivity (Wildman–Crippen MR) is 72.0 cm³/mol. The second kappa shape index (κ2) is 6.16. The quantitative estimate of drug-likeness (QED) is 0.863. The highest BCUT2D eigenvalue weighted by Gasteiger charge is 2.28. The largest absolute Gasteiger partial charge is 0.351 e. The van der Waals surface area contributed by atoms with Crippen molar-refractivity contribution in [3.63, 3.8) is 0 Å². The third kappa shape index (κ3) is 3.54. The molecule has 6 heteroatoms. The molecule has 1 saturated heterocycles. The van der Waals surface area contributed by atoms with Gasteiger partial charge in [0.1, 0.15) is 11.6 Å². The maximum Gasteiger partial charge on any atom is 0.233 e. The van der Waals surface area contributed by atoms with Gasteiger partial charge in [0.2, 0.25) is 5.91 Å². The van der Waals surface area contributed by atoms with Gasteiger partial charge in [-0.1, -0.05) is 6.07 Å². The minimum absolute atomic E-state index is 0.109. The molecule has 0 bridgehead atoms. The van der Waals surface area contributed by atoms with Crippen molar-refractivity contribution in [2.45, 2.75) is 24.8 Å². The number of carbonyl (C=O) groups excluding carboxylic acids is 2. The summed E-state index contributed by atoms with van der Waals surface area (Å²) in [7, 11) is 0. The number of rotatable bonds is 4. The summed E-state index contributed by atoms with van der Waals surface area (Å²) in [6, 6.07) is 4.60. The molecule has 2 rings (SSSR count). The summed E-state index contributed by atoms with van der Waals surface area (Å²) >= 11 is 1.36. The lowest BCUT2D eigenvalue weighted by molar-refractivity contribution is -0.123. The molecule has 0 spiro atoms. The lowest BCUT2D eigenvalue weighted by Gasteiger charge is -2.10. The smallest absolute Gasteiger partial charge is 0.233 e. The molecule has 1 unspecified atom stereocenters. The van der Waals surface area contributed by atoms with Gasteiger partial charge in [0.05, 0.1) is 11.0 Å². The van der Waals surface area contributed by atoms with Gasteiger partial charge in [-0.15, -0.1) is 11.8 Å². The van der Waals surface area contributed by atoms with Gasteiger partial charge >= 0.3 is 0 Å². The van der Waals surface area contributed by atoms with E-state index in [4.69, 9.17) is 5.73 Å². The van der Waals surface area contributed by atoms with Gasteiger partial charge < -0.3 is 11.1 Å². The van der Waals surface area contributed by atoms with E-state index in [1.807, 2.05) is 0 Å². The second-order valence-corrected chi connectivity index (χ2v) is 5.58. The van der Waals surface area contributed by atoms with Crippen LogP contribution in [0.2, 0.25) is 0 Å². The molecule has 102 valence electrons. The van der Waals surface area contributed by atoms with Crippen LogP contribution in [-0.4, -0.2) is 22.7 Å². The maximum atomic E-state index is 13.2. The van der Waals surface area contributed by atoms with Gasteiger partial charge in [-0.2, -0.15) is 0 Å². The van der Waals surface area contributed by atoms with E-state index in [1.54, 1.807) is 12.1 Å². The first-order chi connectivity index (χ1) is 9.10. The summed E-state index contributed by atoms with van der Waals surface area (Å²) in [6.07, 6.45) is 0.300. The van der Waals surface area contributed by atoms with E-state index < -0.39 is 0 Å².